The summed E-state index contributed by atoms with van der Waals surface area (Å²) in [4.78, 5) is 12.2. The molecule has 0 aliphatic rings. The summed E-state index contributed by atoms with van der Waals surface area (Å²) in [5, 5.41) is 10.8. The average molecular weight is 250 g/mol. The lowest BCUT2D eigenvalue weighted by Crippen LogP contribution is -2.48. The first-order valence-electron chi connectivity index (χ1n) is 6.07. The minimum Gasteiger partial charge on any atom is -0.347 e. The van der Waals surface area contributed by atoms with Gasteiger partial charge in [0.1, 0.15) is 0 Å². The second-order valence-electron chi connectivity index (χ2n) is 5.61. The minimum absolute atomic E-state index is 0.0714. The van der Waals surface area contributed by atoms with Crippen LogP contribution < -0.4 is 11.1 Å². The minimum atomic E-state index is -0.143. The molecule has 100 valence electrons. The molecule has 0 saturated heterocycles. The Kier molecular flexibility index (Phi) is 4.40. The van der Waals surface area contributed by atoms with Crippen LogP contribution in [0.5, 0.6) is 0 Å². The molecule has 18 heavy (non-hydrogen) atoms. The van der Waals surface area contributed by atoms with E-state index in [2.05, 4.69) is 15.5 Å². The summed E-state index contributed by atoms with van der Waals surface area (Å²) in [6.45, 7) is 10.1. The number of aromatic nitrogens is 2. The Balaban J connectivity index is 2.91. The van der Waals surface area contributed by atoms with E-state index in [-0.39, 0.29) is 17.4 Å². The Morgan fingerprint density at radius 2 is 2.00 bits per heavy atom. The SMILES string of the molecule is Cc1cc(C(=O)NC(CN)C(C)(C)C)c(C)nn1. The standard InChI is InChI=1S/C13H22N4O/c1-8-6-10(9(2)17-16-8)12(18)15-11(7-14)13(3,4)5/h6,11H,7,14H2,1-5H3,(H,15,18). The van der Waals surface area contributed by atoms with Crippen molar-refractivity contribution < 1.29 is 4.79 Å². The van der Waals surface area contributed by atoms with Crippen molar-refractivity contribution in [3.63, 3.8) is 0 Å². The lowest BCUT2D eigenvalue weighted by molar-refractivity contribution is 0.0904. The van der Waals surface area contributed by atoms with E-state index in [4.69, 9.17) is 5.73 Å². The lowest BCUT2D eigenvalue weighted by atomic mass is 9.86. The fourth-order valence-corrected chi connectivity index (χ4v) is 1.64. The molecule has 0 aromatic carbocycles. The maximum atomic E-state index is 12.2. The Morgan fingerprint density at radius 3 is 2.50 bits per heavy atom. The molecule has 5 nitrogen and oxygen atoms in total. The van der Waals surface area contributed by atoms with E-state index in [9.17, 15) is 4.79 Å². The number of carbonyl (C=O) groups excluding carboxylic acids is 1. The molecule has 0 aliphatic heterocycles. The highest BCUT2D eigenvalue weighted by Gasteiger charge is 2.25. The number of amides is 1. The van der Waals surface area contributed by atoms with Gasteiger partial charge >= 0.3 is 0 Å². The van der Waals surface area contributed by atoms with Gasteiger partial charge < -0.3 is 11.1 Å². The number of hydrogen-bond acceptors (Lipinski definition) is 4. The van der Waals surface area contributed by atoms with Gasteiger partial charge in [-0.1, -0.05) is 20.8 Å². The molecular formula is C13H22N4O. The van der Waals surface area contributed by atoms with Gasteiger partial charge in [0.25, 0.3) is 5.91 Å². The zero-order valence-corrected chi connectivity index (χ0v) is 11.7. The molecule has 0 fully saturated rings. The number of nitrogens with two attached hydrogens (primary N) is 1. The first-order chi connectivity index (χ1) is 8.25. The van der Waals surface area contributed by atoms with E-state index in [1.54, 1.807) is 13.0 Å². The van der Waals surface area contributed by atoms with Crippen LogP contribution in [0.1, 0.15) is 42.5 Å². The van der Waals surface area contributed by atoms with Crippen molar-refractivity contribution in [1.29, 1.82) is 0 Å². The molecule has 0 bridgehead atoms. The summed E-state index contributed by atoms with van der Waals surface area (Å²) >= 11 is 0. The normalized spacial score (nSPS) is 13.2. The highest BCUT2D eigenvalue weighted by molar-refractivity contribution is 5.95. The van der Waals surface area contributed by atoms with Crippen molar-refractivity contribution in [2.24, 2.45) is 11.1 Å². The smallest absolute Gasteiger partial charge is 0.253 e. The zero-order chi connectivity index (χ0) is 13.9. The van der Waals surface area contributed by atoms with Gasteiger partial charge in [-0.3, -0.25) is 4.79 Å². The third-order valence-corrected chi connectivity index (χ3v) is 2.93. The van der Waals surface area contributed by atoms with Crippen molar-refractivity contribution >= 4 is 5.91 Å². The van der Waals surface area contributed by atoms with Crippen molar-refractivity contribution in [3.8, 4) is 0 Å². The topological polar surface area (TPSA) is 80.9 Å². The van der Waals surface area contributed by atoms with Gasteiger partial charge in [0.05, 0.1) is 17.0 Å². The van der Waals surface area contributed by atoms with Crippen molar-refractivity contribution in [2.75, 3.05) is 6.54 Å². The predicted molar refractivity (Wildman–Crippen MR) is 71.3 cm³/mol. The number of hydrogen-bond donors (Lipinski definition) is 2. The zero-order valence-electron chi connectivity index (χ0n) is 11.7. The first kappa shape index (κ1) is 14.6. The highest BCUT2D eigenvalue weighted by atomic mass is 16.1. The lowest BCUT2D eigenvalue weighted by Gasteiger charge is -2.30. The van der Waals surface area contributed by atoms with Gasteiger partial charge in [0, 0.05) is 12.6 Å². The van der Waals surface area contributed by atoms with Crippen LogP contribution in [-0.2, 0) is 0 Å². The number of nitrogens with one attached hydrogen (secondary N) is 1. The second-order valence-corrected chi connectivity index (χ2v) is 5.61. The molecule has 1 aromatic heterocycles. The Labute approximate surface area is 108 Å². The molecule has 1 rings (SSSR count). The van der Waals surface area contributed by atoms with Gasteiger partial charge in [-0.2, -0.15) is 10.2 Å². The largest absolute Gasteiger partial charge is 0.347 e. The third-order valence-electron chi connectivity index (χ3n) is 2.93. The molecule has 0 aliphatic carbocycles. The van der Waals surface area contributed by atoms with E-state index in [0.717, 1.165) is 5.69 Å². The molecule has 0 saturated carbocycles. The molecule has 1 atom stereocenters. The molecule has 1 aromatic rings. The van der Waals surface area contributed by atoms with Crippen molar-refractivity contribution in [1.82, 2.24) is 15.5 Å². The summed E-state index contributed by atoms with van der Waals surface area (Å²) in [6, 6.07) is 1.67. The maximum Gasteiger partial charge on any atom is 0.253 e. The molecule has 0 radical (unpaired) electrons. The van der Waals surface area contributed by atoms with E-state index < -0.39 is 0 Å². The summed E-state index contributed by atoms with van der Waals surface area (Å²) < 4.78 is 0. The maximum absolute atomic E-state index is 12.2. The van der Waals surface area contributed by atoms with E-state index in [0.29, 0.717) is 17.8 Å². The van der Waals surface area contributed by atoms with Crippen LogP contribution in [0.25, 0.3) is 0 Å². The van der Waals surface area contributed by atoms with Crippen molar-refractivity contribution in [2.45, 2.75) is 40.7 Å². The number of carbonyl (C=O) groups is 1. The fraction of sp³-hybridized carbons (Fsp3) is 0.615. The molecular weight excluding hydrogens is 228 g/mol. The second kappa shape index (κ2) is 5.44. The van der Waals surface area contributed by atoms with Crippen LogP contribution in [0.3, 0.4) is 0 Å². The molecule has 1 heterocycles. The number of aryl methyl sites for hydroxylation is 2. The van der Waals surface area contributed by atoms with Crippen LogP contribution in [0, 0.1) is 19.3 Å². The summed E-state index contributed by atoms with van der Waals surface area (Å²) in [7, 11) is 0. The van der Waals surface area contributed by atoms with Crippen LogP contribution in [0.4, 0.5) is 0 Å². The molecule has 1 amide bonds. The number of nitrogens with zero attached hydrogens (tertiary/aromatic N) is 2. The van der Waals surface area contributed by atoms with Gasteiger partial charge in [-0.15, -0.1) is 0 Å². The van der Waals surface area contributed by atoms with E-state index in [1.165, 1.54) is 0 Å². The van der Waals surface area contributed by atoms with Crippen LogP contribution in [0.2, 0.25) is 0 Å². The quantitative estimate of drug-likeness (QED) is 0.844. The average Bonchev–Trinajstić information content (AvgIpc) is 2.27. The molecule has 1 unspecified atom stereocenters. The van der Waals surface area contributed by atoms with Gasteiger partial charge in [-0.25, -0.2) is 0 Å². The Bertz CT molecular complexity index is 437. The van der Waals surface area contributed by atoms with Gasteiger partial charge in [0.2, 0.25) is 0 Å². The van der Waals surface area contributed by atoms with E-state index in [1.807, 2.05) is 27.7 Å². The van der Waals surface area contributed by atoms with E-state index >= 15 is 0 Å². The Morgan fingerprint density at radius 1 is 1.39 bits per heavy atom. The van der Waals surface area contributed by atoms with Crippen LogP contribution in [0.15, 0.2) is 6.07 Å². The van der Waals surface area contributed by atoms with Crippen LogP contribution >= 0.6 is 0 Å². The predicted octanol–water partition coefficient (Wildman–Crippen LogP) is 1.20. The number of rotatable bonds is 3. The monoisotopic (exact) mass is 250 g/mol. The molecule has 0 spiro atoms. The third kappa shape index (κ3) is 3.50. The summed E-state index contributed by atoms with van der Waals surface area (Å²) in [5.74, 6) is -0.143. The fourth-order valence-electron chi connectivity index (χ4n) is 1.64. The first-order valence-corrected chi connectivity index (χ1v) is 6.07. The molecule has 3 N–H and O–H groups in total. The summed E-state index contributed by atoms with van der Waals surface area (Å²) in [5.41, 5.74) is 7.55. The van der Waals surface area contributed by atoms with Gasteiger partial charge in [-0.05, 0) is 25.3 Å². The van der Waals surface area contributed by atoms with Crippen molar-refractivity contribution in [3.05, 3.63) is 23.0 Å². The van der Waals surface area contributed by atoms with Crippen LogP contribution in [-0.4, -0.2) is 28.7 Å². The summed E-state index contributed by atoms with van der Waals surface area (Å²) in [6.07, 6.45) is 0. The Hall–Kier alpha value is -1.49. The highest BCUT2D eigenvalue weighted by Crippen LogP contribution is 2.19. The van der Waals surface area contributed by atoms with Gasteiger partial charge in [0.15, 0.2) is 0 Å². The molecule has 5 heteroatoms.